The van der Waals surface area contributed by atoms with E-state index in [-0.39, 0.29) is 35.9 Å². The van der Waals surface area contributed by atoms with Crippen molar-refractivity contribution in [1.82, 2.24) is 15.5 Å². The lowest BCUT2D eigenvalue weighted by Gasteiger charge is -2.28. The van der Waals surface area contributed by atoms with Gasteiger partial charge in [-0.2, -0.15) is 0 Å². The Morgan fingerprint density at radius 2 is 2.05 bits per heavy atom. The topological polar surface area (TPSA) is 78.5 Å². The van der Waals surface area contributed by atoms with E-state index >= 15 is 0 Å². The van der Waals surface area contributed by atoms with Crippen LogP contribution in [0.1, 0.15) is 20.3 Å². The van der Waals surface area contributed by atoms with E-state index in [1.807, 2.05) is 14.1 Å². The predicted molar refractivity (Wildman–Crippen MR) is 80.4 cm³/mol. The third-order valence-electron chi connectivity index (χ3n) is 3.67. The van der Waals surface area contributed by atoms with Gasteiger partial charge in [-0.25, -0.2) is 8.42 Å². The first-order valence-corrected chi connectivity index (χ1v) is 8.90. The van der Waals surface area contributed by atoms with Crippen molar-refractivity contribution >= 4 is 15.7 Å². The molecule has 6 nitrogen and oxygen atoms in total. The second-order valence-corrected chi connectivity index (χ2v) is 8.28. The highest BCUT2D eigenvalue weighted by Gasteiger charge is 2.26. The first-order valence-electron chi connectivity index (χ1n) is 7.08. The van der Waals surface area contributed by atoms with Gasteiger partial charge in [0.25, 0.3) is 0 Å². The van der Waals surface area contributed by atoms with Gasteiger partial charge in [0, 0.05) is 31.6 Å². The summed E-state index contributed by atoms with van der Waals surface area (Å²) in [4.78, 5) is 14.0. The molecule has 20 heavy (non-hydrogen) atoms. The van der Waals surface area contributed by atoms with Gasteiger partial charge in [-0.15, -0.1) is 0 Å². The third kappa shape index (κ3) is 5.76. The Bertz CT molecular complexity index is 413. The summed E-state index contributed by atoms with van der Waals surface area (Å²) in [7, 11) is 0.998. The monoisotopic (exact) mass is 305 g/mol. The van der Waals surface area contributed by atoms with Crippen LogP contribution in [0.2, 0.25) is 0 Å². The molecule has 1 fully saturated rings. The summed E-state index contributed by atoms with van der Waals surface area (Å²) < 4.78 is 23.0. The van der Waals surface area contributed by atoms with Crippen LogP contribution in [-0.4, -0.2) is 70.0 Å². The van der Waals surface area contributed by atoms with Crippen molar-refractivity contribution in [3.63, 3.8) is 0 Å². The molecule has 1 rings (SSSR count). The minimum atomic E-state index is -2.99. The lowest BCUT2D eigenvalue weighted by atomic mass is 10.0. The van der Waals surface area contributed by atoms with Crippen LogP contribution in [0.25, 0.3) is 0 Å². The van der Waals surface area contributed by atoms with Crippen LogP contribution in [0.4, 0.5) is 0 Å². The van der Waals surface area contributed by atoms with E-state index in [9.17, 15) is 13.2 Å². The zero-order valence-corrected chi connectivity index (χ0v) is 13.7. The van der Waals surface area contributed by atoms with Crippen LogP contribution in [-0.2, 0) is 14.6 Å². The Kier molecular flexibility index (Phi) is 6.42. The SMILES string of the molecule is CC(C)C(CNC(=O)CC1CS(=O)(=O)CCN1)N(C)C. The van der Waals surface area contributed by atoms with Crippen LogP contribution in [0, 0.1) is 5.92 Å². The third-order valence-corrected chi connectivity index (χ3v) is 5.41. The largest absolute Gasteiger partial charge is 0.354 e. The van der Waals surface area contributed by atoms with E-state index < -0.39 is 9.84 Å². The molecule has 1 aliphatic heterocycles. The number of hydrogen-bond acceptors (Lipinski definition) is 5. The summed E-state index contributed by atoms with van der Waals surface area (Å²) in [5.41, 5.74) is 0. The average molecular weight is 305 g/mol. The van der Waals surface area contributed by atoms with Gasteiger partial charge in [0.15, 0.2) is 9.84 Å². The molecule has 1 saturated heterocycles. The first kappa shape index (κ1) is 17.4. The minimum Gasteiger partial charge on any atom is -0.354 e. The zero-order valence-electron chi connectivity index (χ0n) is 12.8. The molecule has 0 spiro atoms. The predicted octanol–water partition coefficient (Wildman–Crippen LogP) is -0.534. The van der Waals surface area contributed by atoms with E-state index in [2.05, 4.69) is 29.4 Å². The van der Waals surface area contributed by atoms with E-state index in [1.54, 1.807) is 0 Å². The molecule has 118 valence electrons. The zero-order chi connectivity index (χ0) is 15.3. The Hall–Kier alpha value is -0.660. The molecule has 0 aromatic heterocycles. The standard InChI is InChI=1S/C13H27N3O3S/c1-10(2)12(16(3)4)8-15-13(17)7-11-9-20(18,19)6-5-14-11/h10-12,14H,5-9H2,1-4H3,(H,15,17). The lowest BCUT2D eigenvalue weighted by molar-refractivity contribution is -0.121. The van der Waals surface area contributed by atoms with Gasteiger partial charge in [-0.1, -0.05) is 13.8 Å². The maximum absolute atomic E-state index is 11.9. The quantitative estimate of drug-likeness (QED) is 0.689. The fourth-order valence-electron chi connectivity index (χ4n) is 2.53. The molecule has 1 amide bonds. The fourth-order valence-corrected chi connectivity index (χ4v) is 3.97. The van der Waals surface area contributed by atoms with Crippen molar-refractivity contribution in [2.24, 2.45) is 5.92 Å². The lowest BCUT2D eigenvalue weighted by Crippen LogP contribution is -2.49. The molecule has 1 heterocycles. The average Bonchev–Trinajstić information content (AvgIpc) is 2.26. The van der Waals surface area contributed by atoms with Crippen LogP contribution < -0.4 is 10.6 Å². The Morgan fingerprint density at radius 1 is 1.40 bits per heavy atom. The highest BCUT2D eigenvalue weighted by atomic mass is 32.2. The molecule has 0 aromatic rings. The van der Waals surface area contributed by atoms with Gasteiger partial charge in [-0.05, 0) is 20.0 Å². The number of sulfone groups is 1. The molecular formula is C13H27N3O3S. The molecule has 2 atom stereocenters. The number of carbonyl (C=O) groups excluding carboxylic acids is 1. The summed E-state index contributed by atoms with van der Waals surface area (Å²) in [5.74, 6) is 0.577. The van der Waals surface area contributed by atoms with Crippen molar-refractivity contribution in [2.75, 3.05) is 38.7 Å². The molecule has 7 heteroatoms. The second-order valence-electron chi connectivity index (χ2n) is 6.05. The second kappa shape index (κ2) is 7.38. The summed E-state index contributed by atoms with van der Waals surface area (Å²) in [6.07, 6.45) is 0.220. The van der Waals surface area contributed by atoms with Gasteiger partial charge in [-0.3, -0.25) is 4.79 Å². The van der Waals surface area contributed by atoms with Gasteiger partial charge in [0.2, 0.25) is 5.91 Å². The van der Waals surface area contributed by atoms with Gasteiger partial charge in [0.1, 0.15) is 0 Å². The van der Waals surface area contributed by atoms with E-state index in [4.69, 9.17) is 0 Å². The van der Waals surface area contributed by atoms with Gasteiger partial charge in [0.05, 0.1) is 11.5 Å². The number of nitrogens with zero attached hydrogens (tertiary/aromatic N) is 1. The minimum absolute atomic E-state index is 0.0573. The number of carbonyl (C=O) groups is 1. The molecule has 2 N–H and O–H groups in total. The number of likely N-dealkylation sites (N-methyl/N-ethyl adjacent to an activating group) is 1. The Labute approximate surface area is 122 Å². The first-order chi connectivity index (χ1) is 9.21. The summed E-state index contributed by atoms with van der Waals surface area (Å²) in [6, 6.07) is 0.0209. The number of rotatable bonds is 6. The van der Waals surface area contributed by atoms with E-state index in [0.29, 0.717) is 19.0 Å². The number of hydrogen-bond donors (Lipinski definition) is 2. The van der Waals surface area contributed by atoms with Crippen molar-refractivity contribution < 1.29 is 13.2 Å². The molecule has 0 bridgehead atoms. The molecule has 2 unspecified atom stereocenters. The number of amides is 1. The van der Waals surface area contributed by atoms with Crippen molar-refractivity contribution in [3.8, 4) is 0 Å². The summed E-state index contributed by atoms with van der Waals surface area (Å²) >= 11 is 0. The Morgan fingerprint density at radius 3 is 2.55 bits per heavy atom. The molecule has 0 aliphatic carbocycles. The number of nitrogens with one attached hydrogen (secondary N) is 2. The van der Waals surface area contributed by atoms with Crippen molar-refractivity contribution in [3.05, 3.63) is 0 Å². The highest BCUT2D eigenvalue weighted by Crippen LogP contribution is 2.07. The van der Waals surface area contributed by atoms with Crippen LogP contribution >= 0.6 is 0 Å². The summed E-state index contributed by atoms with van der Waals surface area (Å²) in [5, 5.41) is 5.99. The maximum atomic E-state index is 11.9. The van der Waals surface area contributed by atoms with E-state index in [1.165, 1.54) is 0 Å². The Balaban J connectivity index is 2.40. The molecule has 0 saturated carbocycles. The molecular weight excluding hydrogens is 278 g/mol. The molecule has 0 aromatic carbocycles. The normalized spacial score (nSPS) is 23.8. The fraction of sp³-hybridized carbons (Fsp3) is 0.923. The van der Waals surface area contributed by atoms with Gasteiger partial charge < -0.3 is 15.5 Å². The summed E-state index contributed by atoms with van der Waals surface area (Å²) in [6.45, 7) is 5.26. The molecule has 0 radical (unpaired) electrons. The van der Waals surface area contributed by atoms with E-state index in [0.717, 1.165) is 0 Å². The maximum Gasteiger partial charge on any atom is 0.221 e. The highest BCUT2D eigenvalue weighted by molar-refractivity contribution is 7.91. The smallest absolute Gasteiger partial charge is 0.221 e. The van der Waals surface area contributed by atoms with Crippen molar-refractivity contribution in [2.45, 2.75) is 32.4 Å². The van der Waals surface area contributed by atoms with Crippen LogP contribution in [0.15, 0.2) is 0 Å². The molecule has 1 aliphatic rings. The van der Waals surface area contributed by atoms with Crippen LogP contribution in [0.3, 0.4) is 0 Å². The van der Waals surface area contributed by atoms with Crippen molar-refractivity contribution in [1.29, 1.82) is 0 Å². The van der Waals surface area contributed by atoms with Crippen LogP contribution in [0.5, 0.6) is 0 Å². The van der Waals surface area contributed by atoms with Gasteiger partial charge >= 0.3 is 0 Å².